The summed E-state index contributed by atoms with van der Waals surface area (Å²) in [5.74, 6) is 0.413. The van der Waals surface area contributed by atoms with Crippen LogP contribution < -0.4 is 5.73 Å². The Morgan fingerprint density at radius 1 is 1.41 bits per heavy atom. The van der Waals surface area contributed by atoms with E-state index in [1.807, 2.05) is 4.90 Å². The van der Waals surface area contributed by atoms with Crippen LogP contribution in [0.15, 0.2) is 0 Å². The molecule has 0 aliphatic heterocycles. The molecule has 1 rings (SSSR count). The zero-order chi connectivity index (χ0) is 12.8. The van der Waals surface area contributed by atoms with Crippen LogP contribution in [0.4, 0.5) is 0 Å². The number of amidine groups is 1. The number of rotatable bonds is 4. The predicted molar refractivity (Wildman–Crippen MR) is 73.2 cm³/mol. The third-order valence-electron chi connectivity index (χ3n) is 3.16. The molecule has 1 aliphatic rings. The lowest BCUT2D eigenvalue weighted by Gasteiger charge is -2.37. The maximum Gasteiger partial charge on any atom is 0.233 e. The van der Waals surface area contributed by atoms with Gasteiger partial charge in [0, 0.05) is 12.1 Å². The highest BCUT2D eigenvalue weighted by atomic mass is 32.2. The third kappa shape index (κ3) is 4.58. The van der Waals surface area contributed by atoms with Gasteiger partial charge in [-0.1, -0.05) is 31.0 Å². The van der Waals surface area contributed by atoms with E-state index in [9.17, 15) is 4.79 Å². The van der Waals surface area contributed by atoms with Crippen LogP contribution >= 0.6 is 11.8 Å². The number of hydrogen-bond acceptors (Lipinski definition) is 3. The first-order chi connectivity index (χ1) is 8.02. The van der Waals surface area contributed by atoms with Crippen molar-refractivity contribution < 1.29 is 4.79 Å². The van der Waals surface area contributed by atoms with Crippen LogP contribution in [0.5, 0.6) is 0 Å². The average Bonchev–Trinajstić information content (AvgIpc) is 2.27. The van der Waals surface area contributed by atoms with Gasteiger partial charge in [0.2, 0.25) is 5.91 Å². The van der Waals surface area contributed by atoms with Gasteiger partial charge in [-0.2, -0.15) is 0 Å². The highest BCUT2D eigenvalue weighted by molar-refractivity contribution is 8.14. The molecule has 1 fully saturated rings. The van der Waals surface area contributed by atoms with Crippen molar-refractivity contribution >= 4 is 22.8 Å². The largest absolute Gasteiger partial charge is 0.379 e. The second-order valence-electron chi connectivity index (χ2n) is 4.84. The van der Waals surface area contributed by atoms with Gasteiger partial charge in [-0.3, -0.25) is 10.2 Å². The maximum absolute atomic E-state index is 12.1. The average molecular weight is 257 g/mol. The standard InChI is InChI=1S/C12H23N3OS/c1-9(2)15(10-6-4-3-5-7-10)11(16)8-17-12(13)14/h9-10H,3-8H2,1-2H3,(H3,13,14). The molecule has 0 aromatic carbocycles. The molecule has 17 heavy (non-hydrogen) atoms. The second kappa shape index (κ2) is 6.89. The van der Waals surface area contributed by atoms with Gasteiger partial charge in [0.25, 0.3) is 0 Å². The first-order valence-corrected chi connectivity index (χ1v) is 7.29. The van der Waals surface area contributed by atoms with E-state index in [1.165, 1.54) is 19.3 Å². The summed E-state index contributed by atoms with van der Waals surface area (Å²) in [6.45, 7) is 4.12. The van der Waals surface area contributed by atoms with Crippen LogP contribution in [0.3, 0.4) is 0 Å². The number of carbonyl (C=O) groups is 1. The van der Waals surface area contributed by atoms with Crippen molar-refractivity contribution in [2.75, 3.05) is 5.75 Å². The number of nitrogens with two attached hydrogens (primary N) is 1. The number of hydrogen-bond donors (Lipinski definition) is 2. The molecule has 5 heteroatoms. The second-order valence-corrected chi connectivity index (χ2v) is 5.86. The van der Waals surface area contributed by atoms with Crippen LogP contribution in [0.2, 0.25) is 0 Å². The third-order valence-corrected chi connectivity index (χ3v) is 3.87. The molecule has 4 nitrogen and oxygen atoms in total. The summed E-state index contributed by atoms with van der Waals surface area (Å²) < 4.78 is 0. The molecule has 0 aromatic rings. The monoisotopic (exact) mass is 257 g/mol. The summed E-state index contributed by atoms with van der Waals surface area (Å²) >= 11 is 1.12. The van der Waals surface area contributed by atoms with Gasteiger partial charge in [-0.25, -0.2) is 0 Å². The Kier molecular flexibility index (Phi) is 5.82. The van der Waals surface area contributed by atoms with Gasteiger partial charge >= 0.3 is 0 Å². The molecular weight excluding hydrogens is 234 g/mol. The minimum atomic E-state index is 0.0192. The minimum absolute atomic E-state index is 0.0192. The first kappa shape index (κ1) is 14.4. The van der Waals surface area contributed by atoms with E-state index >= 15 is 0 Å². The number of nitrogens with one attached hydrogen (secondary N) is 1. The Hall–Kier alpha value is -0.710. The van der Waals surface area contributed by atoms with E-state index in [2.05, 4.69) is 13.8 Å². The minimum Gasteiger partial charge on any atom is -0.379 e. The number of nitrogens with zero attached hydrogens (tertiary/aromatic N) is 1. The fraction of sp³-hybridized carbons (Fsp3) is 0.833. The summed E-state index contributed by atoms with van der Waals surface area (Å²) in [7, 11) is 0. The number of thioether (sulfide) groups is 1. The Balaban J connectivity index is 2.57. The molecule has 1 aliphatic carbocycles. The molecule has 0 saturated heterocycles. The van der Waals surface area contributed by atoms with Crippen molar-refractivity contribution in [2.24, 2.45) is 5.73 Å². The van der Waals surface area contributed by atoms with E-state index in [1.54, 1.807) is 0 Å². The molecule has 0 bridgehead atoms. The van der Waals surface area contributed by atoms with E-state index in [0.717, 1.165) is 24.6 Å². The molecule has 0 aromatic heterocycles. The summed E-state index contributed by atoms with van der Waals surface area (Å²) in [4.78, 5) is 14.1. The zero-order valence-electron chi connectivity index (χ0n) is 10.7. The van der Waals surface area contributed by atoms with Crippen molar-refractivity contribution in [3.8, 4) is 0 Å². The maximum atomic E-state index is 12.1. The van der Waals surface area contributed by atoms with E-state index in [4.69, 9.17) is 11.1 Å². The quantitative estimate of drug-likeness (QED) is 0.599. The normalized spacial score (nSPS) is 17.1. The lowest BCUT2D eigenvalue weighted by molar-refractivity contribution is -0.133. The Morgan fingerprint density at radius 3 is 2.47 bits per heavy atom. The molecule has 98 valence electrons. The summed E-state index contributed by atoms with van der Waals surface area (Å²) in [5, 5.41) is 7.17. The lowest BCUT2D eigenvalue weighted by Crippen LogP contribution is -2.46. The van der Waals surface area contributed by atoms with Gasteiger partial charge in [0.05, 0.1) is 5.75 Å². The smallest absolute Gasteiger partial charge is 0.233 e. The first-order valence-electron chi connectivity index (χ1n) is 6.30. The Morgan fingerprint density at radius 2 is 2.00 bits per heavy atom. The summed E-state index contributed by atoms with van der Waals surface area (Å²) in [6.07, 6.45) is 5.98. The van der Waals surface area contributed by atoms with Crippen molar-refractivity contribution in [3.05, 3.63) is 0 Å². The highest BCUT2D eigenvalue weighted by Gasteiger charge is 2.27. The van der Waals surface area contributed by atoms with Crippen molar-refractivity contribution in [3.63, 3.8) is 0 Å². The van der Waals surface area contributed by atoms with Crippen LogP contribution in [0, 0.1) is 5.41 Å². The fourth-order valence-corrected chi connectivity index (χ4v) is 2.91. The highest BCUT2D eigenvalue weighted by Crippen LogP contribution is 2.24. The molecule has 1 amide bonds. The topological polar surface area (TPSA) is 70.2 Å². The van der Waals surface area contributed by atoms with E-state index in [-0.39, 0.29) is 17.1 Å². The summed E-state index contributed by atoms with van der Waals surface area (Å²) in [5.41, 5.74) is 5.27. The number of carbonyl (C=O) groups excluding carboxylic acids is 1. The van der Waals surface area contributed by atoms with Crippen LogP contribution in [-0.4, -0.2) is 33.8 Å². The summed E-state index contributed by atoms with van der Waals surface area (Å²) in [6, 6.07) is 0.627. The van der Waals surface area contributed by atoms with Gasteiger partial charge in [0.15, 0.2) is 5.17 Å². The zero-order valence-corrected chi connectivity index (χ0v) is 11.6. The van der Waals surface area contributed by atoms with Crippen LogP contribution in [0.1, 0.15) is 46.0 Å². The van der Waals surface area contributed by atoms with Crippen LogP contribution in [-0.2, 0) is 4.79 Å². The van der Waals surface area contributed by atoms with Crippen LogP contribution in [0.25, 0.3) is 0 Å². The molecule has 0 heterocycles. The van der Waals surface area contributed by atoms with Crippen molar-refractivity contribution in [1.29, 1.82) is 5.41 Å². The molecule has 0 unspecified atom stereocenters. The lowest BCUT2D eigenvalue weighted by atomic mass is 9.93. The van der Waals surface area contributed by atoms with Crippen molar-refractivity contribution in [2.45, 2.75) is 58.0 Å². The van der Waals surface area contributed by atoms with Gasteiger partial charge in [-0.05, 0) is 26.7 Å². The Bertz CT molecular complexity index is 275. The van der Waals surface area contributed by atoms with Crippen molar-refractivity contribution in [1.82, 2.24) is 4.90 Å². The van der Waals surface area contributed by atoms with Gasteiger partial charge < -0.3 is 10.6 Å². The fourth-order valence-electron chi connectivity index (χ4n) is 2.49. The molecule has 0 radical (unpaired) electrons. The predicted octanol–water partition coefficient (Wildman–Crippen LogP) is 2.18. The molecule has 0 atom stereocenters. The SMILES string of the molecule is CC(C)N(C(=O)CSC(=N)N)C1CCCCC1. The van der Waals surface area contributed by atoms with E-state index < -0.39 is 0 Å². The van der Waals surface area contributed by atoms with E-state index in [0.29, 0.717) is 11.8 Å². The Labute approximate surface area is 108 Å². The number of amides is 1. The molecule has 1 saturated carbocycles. The molecule has 3 N–H and O–H groups in total. The molecule has 0 spiro atoms. The molecular formula is C12H23N3OS. The van der Waals surface area contributed by atoms with Gasteiger partial charge in [0.1, 0.15) is 0 Å². The van der Waals surface area contributed by atoms with Gasteiger partial charge in [-0.15, -0.1) is 0 Å².